The number of para-hydroxylation sites is 2. The van der Waals surface area contributed by atoms with Crippen molar-refractivity contribution in [3.8, 4) is 17.2 Å². The Kier molecular flexibility index (Phi) is 18.7. The number of hydrogen-bond donors (Lipinski definition) is 9. The lowest BCUT2D eigenvalue weighted by atomic mass is 9.96. The van der Waals surface area contributed by atoms with Gasteiger partial charge in [-0.15, -0.1) is 0 Å². The number of halogens is 9. The Morgan fingerprint density at radius 3 is 1.38 bits per heavy atom. The second-order valence-corrected chi connectivity index (χ2v) is 16.8. The SMILES string of the molecule is Oc1c(F)cc(Br)cc1NC(=S)NC1CCCCC1.Oc1c(F)cc(Br)cc1NC(=S)Nc1ccccc1.Oc1c(F)cc(Br)cc1NC(=S)Nc1ccccc1C(F)(F)F. The van der Waals surface area contributed by atoms with Gasteiger partial charge in [-0.25, -0.2) is 13.2 Å². The van der Waals surface area contributed by atoms with Gasteiger partial charge in [0.2, 0.25) is 0 Å². The molecule has 61 heavy (non-hydrogen) atoms. The van der Waals surface area contributed by atoms with E-state index in [1.807, 2.05) is 30.3 Å². The number of hydrogen-bond acceptors (Lipinski definition) is 6. The van der Waals surface area contributed by atoms with Gasteiger partial charge >= 0.3 is 6.18 Å². The summed E-state index contributed by atoms with van der Waals surface area (Å²) in [6.45, 7) is 0. The minimum atomic E-state index is -4.55. The first-order valence-electron chi connectivity index (χ1n) is 17.8. The quantitative estimate of drug-likeness (QED) is 0.0456. The molecule has 6 rings (SSSR count). The van der Waals surface area contributed by atoms with Gasteiger partial charge in [0.1, 0.15) is 0 Å². The van der Waals surface area contributed by atoms with Gasteiger partial charge in [0.05, 0.1) is 28.3 Å². The Labute approximate surface area is 388 Å². The molecule has 9 N–H and O–H groups in total. The van der Waals surface area contributed by atoms with E-state index in [2.05, 4.69) is 79.7 Å². The van der Waals surface area contributed by atoms with Gasteiger partial charge in [0.15, 0.2) is 50.0 Å². The van der Waals surface area contributed by atoms with Crippen LogP contribution in [-0.4, -0.2) is 36.7 Å². The molecule has 0 radical (unpaired) electrons. The first kappa shape index (κ1) is 49.2. The van der Waals surface area contributed by atoms with Gasteiger partial charge in [-0.05, 0) is 110 Å². The highest BCUT2D eigenvalue weighted by atomic mass is 79.9. The molecule has 0 saturated heterocycles. The van der Waals surface area contributed by atoms with Crippen LogP contribution in [0.3, 0.4) is 0 Å². The van der Waals surface area contributed by atoms with E-state index >= 15 is 0 Å². The van der Waals surface area contributed by atoms with E-state index in [4.69, 9.17) is 36.7 Å². The summed E-state index contributed by atoms with van der Waals surface area (Å²) < 4.78 is 80.2. The highest BCUT2D eigenvalue weighted by Crippen LogP contribution is 2.36. The summed E-state index contributed by atoms with van der Waals surface area (Å²) in [4.78, 5) is 0. The second-order valence-electron chi connectivity index (χ2n) is 12.9. The molecule has 21 heteroatoms. The number of rotatable bonds is 6. The Bertz CT molecular complexity index is 2350. The minimum absolute atomic E-state index is 0.0844. The van der Waals surface area contributed by atoms with Crippen LogP contribution in [0.4, 0.5) is 54.8 Å². The summed E-state index contributed by atoms with van der Waals surface area (Å²) in [7, 11) is 0. The van der Waals surface area contributed by atoms with Crippen molar-refractivity contribution in [1.29, 1.82) is 0 Å². The van der Waals surface area contributed by atoms with Gasteiger partial charge < -0.3 is 47.2 Å². The molecule has 0 unspecified atom stereocenters. The van der Waals surface area contributed by atoms with Crippen molar-refractivity contribution in [2.45, 2.75) is 44.3 Å². The summed E-state index contributed by atoms with van der Waals surface area (Å²) in [5, 5.41) is 45.8. The van der Waals surface area contributed by atoms with Crippen LogP contribution in [0.2, 0.25) is 0 Å². The molecule has 0 atom stereocenters. The molecule has 0 aromatic heterocycles. The number of phenols is 3. The summed E-state index contributed by atoms with van der Waals surface area (Å²) >= 11 is 24.6. The van der Waals surface area contributed by atoms with E-state index in [1.54, 1.807) is 6.07 Å². The average Bonchev–Trinajstić information content (AvgIpc) is 3.18. The third kappa shape index (κ3) is 15.8. The average molecular weight is 1100 g/mol. The lowest BCUT2D eigenvalue weighted by Crippen LogP contribution is -2.38. The summed E-state index contributed by atoms with van der Waals surface area (Å²) in [5.74, 6) is -3.89. The lowest BCUT2D eigenvalue weighted by molar-refractivity contribution is -0.136. The summed E-state index contributed by atoms with van der Waals surface area (Å²) in [6.07, 6.45) is 1.33. The Morgan fingerprint density at radius 1 is 0.525 bits per heavy atom. The van der Waals surface area contributed by atoms with Crippen LogP contribution in [0.1, 0.15) is 37.7 Å². The van der Waals surface area contributed by atoms with Crippen molar-refractivity contribution in [2.75, 3.05) is 26.6 Å². The molecule has 0 bridgehead atoms. The van der Waals surface area contributed by atoms with E-state index in [-0.39, 0.29) is 33.0 Å². The van der Waals surface area contributed by atoms with E-state index in [9.17, 15) is 41.7 Å². The molecule has 1 fully saturated rings. The fourth-order valence-corrected chi connectivity index (χ4v) is 7.51. The van der Waals surface area contributed by atoms with Crippen LogP contribution in [0.15, 0.2) is 104 Å². The second kappa shape index (κ2) is 23.2. The predicted octanol–water partition coefficient (Wildman–Crippen LogP) is 13.1. The first-order chi connectivity index (χ1) is 28.8. The van der Waals surface area contributed by atoms with Gasteiger partial charge in [0.25, 0.3) is 0 Å². The molecule has 5 aromatic rings. The lowest BCUT2D eigenvalue weighted by Gasteiger charge is -2.24. The van der Waals surface area contributed by atoms with Gasteiger partial charge in [-0.2, -0.15) is 13.2 Å². The molecule has 1 aliphatic rings. The zero-order valence-corrected chi connectivity index (χ0v) is 38.4. The summed E-state index contributed by atoms with van der Waals surface area (Å²) in [5.41, 5.74) is 0.0237. The molecule has 324 valence electrons. The monoisotopic (exact) mass is 1090 g/mol. The third-order valence-corrected chi connectivity index (χ3v) is 10.3. The van der Waals surface area contributed by atoms with Crippen LogP contribution >= 0.6 is 84.4 Å². The molecular weight excluding hydrogens is 1060 g/mol. The largest absolute Gasteiger partial charge is 0.503 e. The molecular formula is C40H35Br3F6N6O3S3. The smallest absolute Gasteiger partial charge is 0.418 e. The van der Waals surface area contributed by atoms with Gasteiger partial charge in [-0.3, -0.25) is 0 Å². The molecule has 0 heterocycles. The maximum absolute atomic E-state index is 13.4. The topological polar surface area (TPSA) is 133 Å². The van der Waals surface area contributed by atoms with Crippen molar-refractivity contribution in [2.24, 2.45) is 0 Å². The van der Waals surface area contributed by atoms with E-state index in [0.717, 1.165) is 30.7 Å². The van der Waals surface area contributed by atoms with Crippen LogP contribution < -0.4 is 31.9 Å². The first-order valence-corrected chi connectivity index (χ1v) is 21.4. The van der Waals surface area contributed by atoms with Crippen molar-refractivity contribution in [1.82, 2.24) is 5.32 Å². The summed E-state index contributed by atoms with van der Waals surface area (Å²) in [6, 6.07) is 22.3. The zero-order chi connectivity index (χ0) is 44.9. The van der Waals surface area contributed by atoms with Crippen molar-refractivity contribution < 1.29 is 41.7 Å². The molecule has 9 nitrogen and oxygen atoms in total. The Hall–Kier alpha value is -4.41. The normalized spacial score (nSPS) is 12.3. The molecule has 0 spiro atoms. The zero-order valence-electron chi connectivity index (χ0n) is 31.2. The maximum Gasteiger partial charge on any atom is 0.418 e. The maximum atomic E-state index is 13.4. The number of aromatic hydroxyl groups is 3. The predicted molar refractivity (Wildman–Crippen MR) is 251 cm³/mol. The number of alkyl halides is 3. The molecule has 0 aliphatic heterocycles. The van der Waals surface area contributed by atoms with E-state index in [1.165, 1.54) is 61.7 Å². The molecule has 5 aromatic carbocycles. The van der Waals surface area contributed by atoms with Crippen LogP contribution in [0, 0.1) is 17.5 Å². The Balaban J connectivity index is 0.000000203. The fourth-order valence-electron chi connectivity index (χ4n) is 5.50. The van der Waals surface area contributed by atoms with Crippen LogP contribution in [-0.2, 0) is 6.18 Å². The number of benzene rings is 5. The van der Waals surface area contributed by atoms with Crippen molar-refractivity contribution in [3.63, 3.8) is 0 Å². The highest BCUT2D eigenvalue weighted by molar-refractivity contribution is 9.11. The molecule has 1 saturated carbocycles. The van der Waals surface area contributed by atoms with Gasteiger partial charge in [0, 0.05) is 25.1 Å². The van der Waals surface area contributed by atoms with Crippen molar-refractivity contribution >= 4 is 128 Å². The fraction of sp³-hybridized carbons (Fsp3) is 0.175. The number of nitrogens with one attached hydrogen (secondary N) is 6. The standard InChI is InChI=1S/C14H9BrF4N2OS.C13H16BrFN2OS.C13H10BrFN2OS/c15-7-5-9(16)12(22)11(6-7)21-13(23)20-10-4-2-1-3-8(10)14(17,18)19;2*14-8-6-10(15)12(18)11(7-8)17-13(19)16-9-4-2-1-3-5-9/h1-6,22H,(H2,20,21,23);6-7,9,18H,1-5H2,(H2,16,17,19);1-7,18H,(H2,16,17,19). The highest BCUT2D eigenvalue weighted by Gasteiger charge is 2.33. The van der Waals surface area contributed by atoms with E-state index in [0.29, 0.717) is 24.6 Å². The minimum Gasteiger partial charge on any atom is -0.503 e. The van der Waals surface area contributed by atoms with Crippen LogP contribution in [0.5, 0.6) is 17.2 Å². The molecule has 1 aliphatic carbocycles. The molecule has 0 amide bonds. The number of thiocarbonyl (C=S) groups is 3. The van der Waals surface area contributed by atoms with E-state index < -0.39 is 46.4 Å². The van der Waals surface area contributed by atoms with Gasteiger partial charge in [-0.1, -0.05) is 97.4 Å². The number of anilines is 5. The van der Waals surface area contributed by atoms with Crippen LogP contribution in [0.25, 0.3) is 0 Å². The van der Waals surface area contributed by atoms with Crippen molar-refractivity contribution in [3.05, 3.63) is 127 Å². The third-order valence-electron chi connectivity index (χ3n) is 8.28. The number of phenolic OH excluding ortho intramolecular Hbond substituents is 3. The Morgan fingerprint density at radius 2 is 0.918 bits per heavy atom.